The van der Waals surface area contributed by atoms with Crippen molar-refractivity contribution in [1.82, 2.24) is 9.88 Å². The molecule has 1 aromatic rings. The predicted molar refractivity (Wildman–Crippen MR) is 65.1 cm³/mol. The number of pyridine rings is 1. The van der Waals surface area contributed by atoms with Gasteiger partial charge < -0.3 is 15.7 Å². The molecule has 0 aliphatic rings. The van der Waals surface area contributed by atoms with Crippen molar-refractivity contribution >= 4 is 0 Å². The SMILES string of the molecule is CN(CCc1ccncc1)CCC(O)CN. The standard InChI is InChI=1S/C12H21N3O/c1-15(9-5-12(16)10-13)8-4-11-2-6-14-7-3-11/h2-3,6-7,12,16H,4-5,8-10,13H2,1H3. The molecule has 4 nitrogen and oxygen atoms in total. The van der Waals surface area contributed by atoms with Crippen molar-refractivity contribution in [2.45, 2.75) is 18.9 Å². The quantitative estimate of drug-likeness (QED) is 0.696. The Kier molecular flexibility index (Phi) is 6.00. The summed E-state index contributed by atoms with van der Waals surface area (Å²) in [6.45, 7) is 2.21. The summed E-state index contributed by atoms with van der Waals surface area (Å²) in [5, 5.41) is 9.33. The lowest BCUT2D eigenvalue weighted by molar-refractivity contribution is 0.154. The molecular weight excluding hydrogens is 202 g/mol. The van der Waals surface area contributed by atoms with Crippen LogP contribution in [0.3, 0.4) is 0 Å². The van der Waals surface area contributed by atoms with Crippen LogP contribution in [-0.4, -0.2) is 47.8 Å². The minimum atomic E-state index is -0.372. The highest BCUT2D eigenvalue weighted by Crippen LogP contribution is 2.00. The zero-order valence-corrected chi connectivity index (χ0v) is 9.84. The molecule has 0 amide bonds. The molecule has 0 saturated heterocycles. The summed E-state index contributed by atoms with van der Waals surface area (Å²) in [5.74, 6) is 0. The highest BCUT2D eigenvalue weighted by atomic mass is 16.3. The molecule has 0 bridgehead atoms. The van der Waals surface area contributed by atoms with Gasteiger partial charge in [-0.15, -0.1) is 0 Å². The van der Waals surface area contributed by atoms with Gasteiger partial charge in [0.05, 0.1) is 6.10 Å². The summed E-state index contributed by atoms with van der Waals surface area (Å²) in [6, 6.07) is 4.06. The average molecular weight is 223 g/mol. The van der Waals surface area contributed by atoms with Crippen LogP contribution in [-0.2, 0) is 6.42 Å². The first-order valence-corrected chi connectivity index (χ1v) is 5.68. The minimum absolute atomic E-state index is 0.345. The van der Waals surface area contributed by atoms with Crippen molar-refractivity contribution in [3.8, 4) is 0 Å². The summed E-state index contributed by atoms with van der Waals surface area (Å²) >= 11 is 0. The van der Waals surface area contributed by atoms with E-state index in [-0.39, 0.29) is 6.10 Å². The number of rotatable bonds is 7. The number of hydrogen-bond donors (Lipinski definition) is 2. The summed E-state index contributed by atoms with van der Waals surface area (Å²) in [7, 11) is 2.06. The van der Waals surface area contributed by atoms with Gasteiger partial charge in [0.25, 0.3) is 0 Å². The number of likely N-dealkylation sites (N-methyl/N-ethyl adjacent to an activating group) is 1. The summed E-state index contributed by atoms with van der Waals surface area (Å²) in [5.41, 5.74) is 6.64. The third-order valence-electron chi connectivity index (χ3n) is 2.65. The topological polar surface area (TPSA) is 62.4 Å². The second kappa shape index (κ2) is 7.33. The van der Waals surface area contributed by atoms with Crippen LogP contribution in [0.1, 0.15) is 12.0 Å². The molecule has 0 fully saturated rings. The molecule has 0 radical (unpaired) electrons. The van der Waals surface area contributed by atoms with Crippen LogP contribution in [0.2, 0.25) is 0 Å². The minimum Gasteiger partial charge on any atom is -0.392 e. The largest absolute Gasteiger partial charge is 0.392 e. The van der Waals surface area contributed by atoms with Crippen LogP contribution in [0.15, 0.2) is 24.5 Å². The van der Waals surface area contributed by atoms with E-state index < -0.39 is 0 Å². The highest BCUT2D eigenvalue weighted by molar-refractivity contribution is 5.09. The normalized spacial score (nSPS) is 13.0. The van der Waals surface area contributed by atoms with Crippen LogP contribution in [0.25, 0.3) is 0 Å². The van der Waals surface area contributed by atoms with Crippen LogP contribution in [0.5, 0.6) is 0 Å². The second-order valence-electron chi connectivity index (χ2n) is 4.09. The number of nitrogens with zero attached hydrogens (tertiary/aromatic N) is 2. The maximum Gasteiger partial charge on any atom is 0.0674 e. The molecule has 0 aromatic carbocycles. The molecule has 1 unspecified atom stereocenters. The molecule has 0 aliphatic heterocycles. The third kappa shape index (κ3) is 5.21. The molecule has 0 spiro atoms. The first-order valence-electron chi connectivity index (χ1n) is 5.68. The van der Waals surface area contributed by atoms with Crippen LogP contribution < -0.4 is 5.73 Å². The number of nitrogens with two attached hydrogens (primary N) is 1. The highest BCUT2D eigenvalue weighted by Gasteiger charge is 2.04. The van der Waals surface area contributed by atoms with Gasteiger partial charge in [-0.1, -0.05) is 0 Å². The first kappa shape index (κ1) is 13.1. The van der Waals surface area contributed by atoms with Gasteiger partial charge in [-0.2, -0.15) is 0 Å². The number of aliphatic hydroxyl groups is 1. The van der Waals surface area contributed by atoms with E-state index >= 15 is 0 Å². The lowest BCUT2D eigenvalue weighted by Crippen LogP contribution is -2.28. The molecule has 0 aliphatic carbocycles. The zero-order chi connectivity index (χ0) is 11.8. The van der Waals surface area contributed by atoms with Gasteiger partial charge in [0.2, 0.25) is 0 Å². The van der Waals surface area contributed by atoms with Gasteiger partial charge in [0.1, 0.15) is 0 Å². The fraction of sp³-hybridized carbons (Fsp3) is 0.583. The Labute approximate surface area is 97.1 Å². The van der Waals surface area contributed by atoms with E-state index in [1.165, 1.54) is 5.56 Å². The molecule has 0 saturated carbocycles. The van der Waals surface area contributed by atoms with Crippen molar-refractivity contribution in [3.63, 3.8) is 0 Å². The first-order chi connectivity index (χ1) is 7.72. The maximum atomic E-state index is 9.33. The summed E-state index contributed by atoms with van der Waals surface area (Å²) in [6.07, 6.45) is 5.01. The van der Waals surface area contributed by atoms with Gasteiger partial charge in [0, 0.05) is 32.0 Å². The molecule has 90 valence electrons. The Morgan fingerprint density at radius 3 is 2.69 bits per heavy atom. The van der Waals surface area contributed by atoms with Crippen molar-refractivity contribution in [1.29, 1.82) is 0 Å². The fourth-order valence-electron chi connectivity index (χ4n) is 1.47. The Morgan fingerprint density at radius 1 is 1.38 bits per heavy atom. The van der Waals surface area contributed by atoms with Gasteiger partial charge in [-0.25, -0.2) is 0 Å². The molecule has 3 N–H and O–H groups in total. The monoisotopic (exact) mass is 223 g/mol. The Hall–Kier alpha value is -0.970. The van der Waals surface area contributed by atoms with Crippen molar-refractivity contribution < 1.29 is 5.11 Å². The van der Waals surface area contributed by atoms with Crippen molar-refractivity contribution in [3.05, 3.63) is 30.1 Å². The molecule has 1 aromatic heterocycles. The zero-order valence-electron chi connectivity index (χ0n) is 9.84. The van der Waals surface area contributed by atoms with Gasteiger partial charge in [0.15, 0.2) is 0 Å². The second-order valence-corrected chi connectivity index (χ2v) is 4.09. The molecule has 4 heteroatoms. The fourth-order valence-corrected chi connectivity index (χ4v) is 1.47. The number of aromatic nitrogens is 1. The van der Waals surface area contributed by atoms with Crippen LogP contribution in [0.4, 0.5) is 0 Å². The number of aliphatic hydroxyl groups excluding tert-OH is 1. The number of hydrogen-bond acceptors (Lipinski definition) is 4. The van der Waals surface area contributed by atoms with E-state index in [1.807, 2.05) is 24.5 Å². The summed E-state index contributed by atoms with van der Waals surface area (Å²) in [4.78, 5) is 6.19. The molecular formula is C12H21N3O. The Morgan fingerprint density at radius 2 is 2.06 bits per heavy atom. The van der Waals surface area contributed by atoms with E-state index in [2.05, 4.69) is 16.9 Å². The Balaban J connectivity index is 2.18. The average Bonchev–Trinajstić information content (AvgIpc) is 2.34. The summed E-state index contributed by atoms with van der Waals surface area (Å²) < 4.78 is 0. The van der Waals surface area contributed by atoms with Crippen LogP contribution in [0, 0.1) is 0 Å². The smallest absolute Gasteiger partial charge is 0.0674 e. The van der Waals surface area contributed by atoms with Gasteiger partial charge in [-0.05, 0) is 37.6 Å². The van der Waals surface area contributed by atoms with E-state index in [1.54, 1.807) is 0 Å². The molecule has 1 atom stereocenters. The lowest BCUT2D eigenvalue weighted by Gasteiger charge is -2.18. The van der Waals surface area contributed by atoms with E-state index in [4.69, 9.17) is 5.73 Å². The van der Waals surface area contributed by atoms with E-state index in [0.717, 1.165) is 25.9 Å². The molecule has 1 heterocycles. The predicted octanol–water partition coefficient (Wildman–Crippen LogP) is 0.266. The van der Waals surface area contributed by atoms with Crippen molar-refractivity contribution in [2.24, 2.45) is 5.73 Å². The Bertz CT molecular complexity index is 279. The lowest BCUT2D eigenvalue weighted by atomic mass is 10.2. The van der Waals surface area contributed by atoms with Gasteiger partial charge >= 0.3 is 0 Å². The molecule has 16 heavy (non-hydrogen) atoms. The van der Waals surface area contributed by atoms with Crippen molar-refractivity contribution in [2.75, 3.05) is 26.7 Å². The van der Waals surface area contributed by atoms with E-state index in [9.17, 15) is 5.11 Å². The van der Waals surface area contributed by atoms with Crippen LogP contribution >= 0.6 is 0 Å². The maximum absolute atomic E-state index is 9.33. The molecule has 1 rings (SSSR count). The van der Waals surface area contributed by atoms with E-state index in [0.29, 0.717) is 6.54 Å². The third-order valence-corrected chi connectivity index (χ3v) is 2.65. The van der Waals surface area contributed by atoms with Gasteiger partial charge in [-0.3, -0.25) is 4.98 Å².